The minimum atomic E-state index is -0.885. The molecule has 0 aliphatic heterocycles. The van der Waals surface area contributed by atoms with Crippen molar-refractivity contribution in [3.63, 3.8) is 0 Å². The van der Waals surface area contributed by atoms with E-state index in [9.17, 15) is 18.5 Å². The molecule has 0 spiro atoms. The van der Waals surface area contributed by atoms with Gasteiger partial charge in [0.05, 0.1) is 0 Å². The van der Waals surface area contributed by atoms with Gasteiger partial charge < -0.3 is 4.74 Å². The number of hydrogen-bond acceptors (Lipinski definition) is 3. The fourth-order valence-corrected chi connectivity index (χ4v) is 1.62. The second-order valence-electron chi connectivity index (χ2n) is 4.02. The molecular formula is C14H10F2NO3+. The minimum absolute atomic E-state index is 0.0679. The SMILES string of the molecule is C[N+](=O)c1cc(C=O)ccc1Oc1ccc(F)cc1F. The number of carbonyl (C=O) groups excluding carboxylic acids is 1. The largest absolute Gasteiger partial charge is 0.447 e. The van der Waals surface area contributed by atoms with Crippen molar-refractivity contribution in [1.29, 1.82) is 0 Å². The molecule has 0 fully saturated rings. The lowest BCUT2D eigenvalue weighted by atomic mass is 10.2. The molecule has 0 bridgehead atoms. The van der Waals surface area contributed by atoms with Crippen LogP contribution in [-0.4, -0.2) is 18.1 Å². The third-order valence-electron chi connectivity index (χ3n) is 2.57. The summed E-state index contributed by atoms with van der Waals surface area (Å²) in [7, 11) is 1.22. The van der Waals surface area contributed by atoms with E-state index >= 15 is 0 Å². The highest BCUT2D eigenvalue weighted by atomic mass is 19.1. The fourth-order valence-electron chi connectivity index (χ4n) is 1.62. The van der Waals surface area contributed by atoms with Crippen molar-refractivity contribution in [1.82, 2.24) is 0 Å². The summed E-state index contributed by atoms with van der Waals surface area (Å²) >= 11 is 0. The van der Waals surface area contributed by atoms with Crippen LogP contribution in [0, 0.1) is 16.5 Å². The van der Waals surface area contributed by atoms with Crippen LogP contribution in [0.15, 0.2) is 36.4 Å². The van der Waals surface area contributed by atoms with Crippen LogP contribution in [0.25, 0.3) is 0 Å². The van der Waals surface area contributed by atoms with Gasteiger partial charge in [-0.2, -0.15) is 0 Å². The lowest BCUT2D eigenvalue weighted by Crippen LogP contribution is -1.97. The van der Waals surface area contributed by atoms with E-state index in [-0.39, 0.29) is 22.7 Å². The lowest BCUT2D eigenvalue weighted by Gasteiger charge is -2.07. The van der Waals surface area contributed by atoms with Gasteiger partial charge in [-0.05, 0) is 24.3 Å². The van der Waals surface area contributed by atoms with E-state index in [1.54, 1.807) is 0 Å². The zero-order valence-electron chi connectivity index (χ0n) is 10.5. The van der Waals surface area contributed by atoms with Gasteiger partial charge in [-0.15, -0.1) is 0 Å². The summed E-state index contributed by atoms with van der Waals surface area (Å²) in [6, 6.07) is 6.95. The molecule has 0 amide bonds. The van der Waals surface area contributed by atoms with Crippen molar-refractivity contribution >= 4 is 12.0 Å². The van der Waals surface area contributed by atoms with Crippen LogP contribution in [0.1, 0.15) is 10.4 Å². The van der Waals surface area contributed by atoms with E-state index in [1.165, 1.54) is 25.2 Å². The first kappa shape index (κ1) is 13.8. The average molecular weight is 278 g/mol. The Hall–Kier alpha value is -2.63. The number of nitrogens with zero attached hydrogens (tertiary/aromatic N) is 1. The Morgan fingerprint density at radius 2 is 1.80 bits per heavy atom. The monoisotopic (exact) mass is 278 g/mol. The third-order valence-corrected chi connectivity index (χ3v) is 2.57. The van der Waals surface area contributed by atoms with Gasteiger partial charge in [-0.1, -0.05) is 0 Å². The highest BCUT2D eigenvalue weighted by Gasteiger charge is 2.18. The quantitative estimate of drug-likeness (QED) is 0.634. The average Bonchev–Trinajstić information content (AvgIpc) is 2.42. The topological polar surface area (TPSA) is 46.4 Å². The highest BCUT2D eigenvalue weighted by molar-refractivity contribution is 5.77. The summed E-state index contributed by atoms with van der Waals surface area (Å²) in [4.78, 5) is 22.1. The first-order valence-electron chi connectivity index (χ1n) is 5.64. The molecule has 0 aromatic heterocycles. The van der Waals surface area contributed by atoms with E-state index in [4.69, 9.17) is 4.74 Å². The van der Waals surface area contributed by atoms with Gasteiger partial charge in [0.2, 0.25) is 5.75 Å². The zero-order chi connectivity index (χ0) is 14.7. The Kier molecular flexibility index (Phi) is 3.84. The molecule has 0 aliphatic rings. The molecule has 0 heterocycles. The van der Waals surface area contributed by atoms with Crippen molar-refractivity contribution in [2.75, 3.05) is 7.05 Å². The van der Waals surface area contributed by atoms with E-state index in [2.05, 4.69) is 0 Å². The molecule has 0 aliphatic carbocycles. The summed E-state index contributed by atoms with van der Waals surface area (Å²) in [5.74, 6) is -1.76. The maximum Gasteiger partial charge on any atom is 0.298 e. The van der Waals surface area contributed by atoms with Crippen LogP contribution >= 0.6 is 0 Å². The molecule has 4 nitrogen and oxygen atoms in total. The molecule has 2 aromatic rings. The van der Waals surface area contributed by atoms with Gasteiger partial charge in [-0.3, -0.25) is 4.79 Å². The van der Waals surface area contributed by atoms with E-state index in [0.717, 1.165) is 12.1 Å². The van der Waals surface area contributed by atoms with E-state index in [1.807, 2.05) is 0 Å². The lowest BCUT2D eigenvalue weighted by molar-refractivity contribution is -0.429. The van der Waals surface area contributed by atoms with Gasteiger partial charge >= 0.3 is 0 Å². The first-order valence-corrected chi connectivity index (χ1v) is 5.64. The van der Waals surface area contributed by atoms with Crippen molar-refractivity contribution in [3.8, 4) is 11.5 Å². The smallest absolute Gasteiger partial charge is 0.298 e. The van der Waals surface area contributed by atoms with Gasteiger partial charge in [0.1, 0.15) is 12.1 Å². The van der Waals surface area contributed by atoms with E-state index < -0.39 is 11.6 Å². The Morgan fingerprint density at radius 3 is 2.40 bits per heavy atom. The summed E-state index contributed by atoms with van der Waals surface area (Å²) < 4.78 is 32.0. The minimum Gasteiger partial charge on any atom is -0.447 e. The molecule has 6 heteroatoms. The number of ether oxygens (including phenoxy) is 1. The predicted octanol–water partition coefficient (Wildman–Crippen LogP) is 3.61. The molecule has 0 saturated carbocycles. The van der Waals surface area contributed by atoms with Crippen LogP contribution in [0.5, 0.6) is 11.5 Å². The number of rotatable bonds is 4. The molecule has 0 atom stereocenters. The second kappa shape index (κ2) is 5.56. The third kappa shape index (κ3) is 2.85. The maximum absolute atomic E-state index is 13.5. The van der Waals surface area contributed by atoms with Gasteiger partial charge in [0.25, 0.3) is 5.69 Å². The highest BCUT2D eigenvalue weighted by Crippen LogP contribution is 2.32. The molecule has 2 rings (SSSR count). The molecule has 0 N–H and O–H groups in total. The van der Waals surface area contributed by atoms with Crippen molar-refractivity contribution in [2.24, 2.45) is 0 Å². The second-order valence-corrected chi connectivity index (χ2v) is 4.02. The fraction of sp³-hybridized carbons (Fsp3) is 0.0714. The molecule has 102 valence electrons. The molecule has 0 radical (unpaired) electrons. The number of halogens is 2. The summed E-state index contributed by atoms with van der Waals surface area (Å²) in [6.07, 6.45) is 0.579. The molecule has 0 saturated heterocycles. The van der Waals surface area contributed by atoms with Crippen LogP contribution in [0.4, 0.5) is 14.5 Å². The van der Waals surface area contributed by atoms with Crippen LogP contribution in [0.2, 0.25) is 0 Å². The number of aldehydes is 1. The normalized spacial score (nSPS) is 10.2. The molecule has 0 unspecified atom stereocenters. The predicted molar refractivity (Wildman–Crippen MR) is 67.5 cm³/mol. The van der Waals surface area contributed by atoms with Crippen LogP contribution < -0.4 is 4.74 Å². The Bertz CT molecular complexity index is 686. The van der Waals surface area contributed by atoms with Crippen molar-refractivity contribution < 1.29 is 23.1 Å². The summed E-state index contributed by atoms with van der Waals surface area (Å²) in [5.41, 5.74) is 0.355. The van der Waals surface area contributed by atoms with Crippen molar-refractivity contribution in [3.05, 3.63) is 58.5 Å². The number of nitroso groups, excluding NO2 is 1. The van der Waals surface area contributed by atoms with Gasteiger partial charge in [-0.25, -0.2) is 8.78 Å². The number of benzene rings is 2. The standard InChI is InChI=1S/C14H10F2NO3/c1-17(19)12-6-9(8-18)2-4-14(12)20-13-5-3-10(15)7-11(13)16/h2-8H,1H3/q+1. The Morgan fingerprint density at radius 1 is 1.10 bits per heavy atom. The van der Waals surface area contributed by atoms with Crippen molar-refractivity contribution in [2.45, 2.75) is 0 Å². The maximum atomic E-state index is 13.5. The molecule has 20 heavy (non-hydrogen) atoms. The number of hydrogen-bond donors (Lipinski definition) is 0. The van der Waals surface area contributed by atoms with Crippen LogP contribution in [0.3, 0.4) is 0 Å². The number of carbonyl (C=O) groups is 1. The molecular weight excluding hydrogens is 268 g/mol. The molecule has 2 aromatic carbocycles. The Labute approximate surface area is 113 Å². The zero-order valence-corrected chi connectivity index (χ0v) is 10.5. The first-order chi connectivity index (χ1) is 9.51. The van der Waals surface area contributed by atoms with E-state index in [0.29, 0.717) is 17.1 Å². The summed E-state index contributed by atoms with van der Waals surface area (Å²) in [6.45, 7) is 0. The van der Waals surface area contributed by atoms with Gasteiger partial charge in [0, 0.05) is 27.4 Å². The summed E-state index contributed by atoms with van der Waals surface area (Å²) in [5, 5.41) is 0. The van der Waals surface area contributed by atoms with Gasteiger partial charge in [0.15, 0.2) is 18.6 Å². The Balaban J connectivity index is 2.42. The van der Waals surface area contributed by atoms with Crippen LogP contribution in [-0.2, 0) is 0 Å².